The third-order valence-corrected chi connectivity index (χ3v) is 1.65. The molecule has 0 saturated carbocycles. The van der Waals surface area contributed by atoms with Crippen LogP contribution in [0.2, 0.25) is 0 Å². The Morgan fingerprint density at radius 1 is 1.67 bits per heavy atom. The van der Waals surface area contributed by atoms with Crippen LogP contribution < -0.4 is 5.73 Å². The zero-order valence-corrected chi connectivity index (χ0v) is 7.49. The van der Waals surface area contributed by atoms with Gasteiger partial charge in [-0.2, -0.15) is 0 Å². The second-order valence-corrected chi connectivity index (χ2v) is 2.75. The van der Waals surface area contributed by atoms with Crippen LogP contribution in [0.25, 0.3) is 0 Å². The average Bonchev–Trinajstić information content (AvgIpc) is 2.51. The highest BCUT2D eigenvalue weighted by Gasteiger charge is 2.18. The Morgan fingerprint density at radius 3 is 2.83 bits per heavy atom. The van der Waals surface area contributed by atoms with E-state index in [1.807, 2.05) is 26.0 Å². The van der Waals surface area contributed by atoms with Crippen molar-refractivity contribution in [2.24, 2.45) is 5.73 Å². The first-order valence-corrected chi connectivity index (χ1v) is 4.16. The smallest absolute Gasteiger partial charge is 0.134 e. The second kappa shape index (κ2) is 4.28. The Hall–Kier alpha value is -0.800. The fourth-order valence-corrected chi connectivity index (χ4v) is 1.13. The Bertz CT molecular complexity index is 206. The summed E-state index contributed by atoms with van der Waals surface area (Å²) in [6, 6.07) is 3.67. The molecule has 2 N–H and O–H groups in total. The maximum atomic E-state index is 5.73. The molecule has 0 spiro atoms. The van der Waals surface area contributed by atoms with E-state index in [1.165, 1.54) is 0 Å². The van der Waals surface area contributed by atoms with Gasteiger partial charge in [-0.15, -0.1) is 0 Å². The van der Waals surface area contributed by atoms with Gasteiger partial charge in [-0.05, 0) is 26.0 Å². The molecule has 0 aromatic carbocycles. The zero-order valence-electron chi connectivity index (χ0n) is 7.49. The molecule has 3 heteroatoms. The van der Waals surface area contributed by atoms with Crippen molar-refractivity contribution >= 4 is 0 Å². The van der Waals surface area contributed by atoms with Crippen molar-refractivity contribution < 1.29 is 9.15 Å². The third kappa shape index (κ3) is 2.09. The normalized spacial score (nSPS) is 15.9. The molecular formula is C9H15NO2. The third-order valence-electron chi connectivity index (χ3n) is 1.65. The van der Waals surface area contributed by atoms with Gasteiger partial charge in [0, 0.05) is 12.6 Å². The van der Waals surface area contributed by atoms with Gasteiger partial charge in [0.05, 0.1) is 6.26 Å². The number of nitrogens with two attached hydrogens (primary N) is 1. The van der Waals surface area contributed by atoms with E-state index >= 15 is 0 Å². The molecule has 2 atom stereocenters. The van der Waals surface area contributed by atoms with Crippen molar-refractivity contribution in [1.82, 2.24) is 0 Å². The molecular weight excluding hydrogens is 154 g/mol. The summed E-state index contributed by atoms with van der Waals surface area (Å²) in [4.78, 5) is 0. The minimum Gasteiger partial charge on any atom is -0.467 e. The Balaban J connectivity index is 2.66. The molecule has 1 heterocycles. The van der Waals surface area contributed by atoms with Gasteiger partial charge < -0.3 is 14.9 Å². The lowest BCUT2D eigenvalue weighted by Crippen LogP contribution is -2.26. The van der Waals surface area contributed by atoms with Gasteiger partial charge in [-0.1, -0.05) is 0 Å². The standard InChI is InChI=1S/C9H15NO2/c1-3-11-9(7(2)10)8-5-4-6-12-8/h4-7,9H,3,10H2,1-2H3. The van der Waals surface area contributed by atoms with E-state index in [0.717, 1.165) is 5.76 Å². The number of rotatable bonds is 4. The molecule has 0 radical (unpaired) electrons. The lowest BCUT2D eigenvalue weighted by atomic mass is 10.1. The Morgan fingerprint density at radius 2 is 2.42 bits per heavy atom. The lowest BCUT2D eigenvalue weighted by Gasteiger charge is -2.17. The highest BCUT2D eigenvalue weighted by molar-refractivity contribution is 5.04. The number of hydrogen-bond donors (Lipinski definition) is 1. The molecule has 3 nitrogen and oxygen atoms in total. The van der Waals surface area contributed by atoms with Crippen molar-refractivity contribution in [2.45, 2.75) is 26.0 Å². The quantitative estimate of drug-likeness (QED) is 0.746. The molecule has 1 aromatic heterocycles. The van der Waals surface area contributed by atoms with E-state index in [0.29, 0.717) is 6.61 Å². The summed E-state index contributed by atoms with van der Waals surface area (Å²) in [7, 11) is 0. The summed E-state index contributed by atoms with van der Waals surface area (Å²) in [5.41, 5.74) is 5.73. The predicted octanol–water partition coefficient (Wildman–Crippen LogP) is 1.70. The van der Waals surface area contributed by atoms with Crippen molar-refractivity contribution in [3.05, 3.63) is 24.2 Å². The van der Waals surface area contributed by atoms with Crippen LogP contribution in [0.4, 0.5) is 0 Å². The van der Waals surface area contributed by atoms with E-state index in [2.05, 4.69) is 0 Å². The molecule has 0 aliphatic carbocycles. The van der Waals surface area contributed by atoms with Crippen molar-refractivity contribution in [3.63, 3.8) is 0 Å². The first-order valence-electron chi connectivity index (χ1n) is 4.16. The zero-order chi connectivity index (χ0) is 8.97. The van der Waals surface area contributed by atoms with Crippen LogP contribution >= 0.6 is 0 Å². The number of furan rings is 1. The molecule has 12 heavy (non-hydrogen) atoms. The molecule has 68 valence electrons. The van der Waals surface area contributed by atoms with Crippen LogP contribution in [-0.4, -0.2) is 12.6 Å². The van der Waals surface area contributed by atoms with E-state index in [1.54, 1.807) is 6.26 Å². The van der Waals surface area contributed by atoms with Crippen molar-refractivity contribution in [2.75, 3.05) is 6.61 Å². The minimum atomic E-state index is -0.120. The minimum absolute atomic E-state index is 0.0453. The first kappa shape index (κ1) is 9.29. The summed E-state index contributed by atoms with van der Waals surface area (Å²) in [6.07, 6.45) is 1.51. The van der Waals surface area contributed by atoms with E-state index in [9.17, 15) is 0 Å². The van der Waals surface area contributed by atoms with Crippen molar-refractivity contribution in [3.8, 4) is 0 Å². The van der Waals surface area contributed by atoms with Gasteiger partial charge in [0.25, 0.3) is 0 Å². The monoisotopic (exact) mass is 169 g/mol. The van der Waals surface area contributed by atoms with Gasteiger partial charge in [-0.25, -0.2) is 0 Å². The summed E-state index contributed by atoms with van der Waals surface area (Å²) in [5.74, 6) is 0.798. The summed E-state index contributed by atoms with van der Waals surface area (Å²) in [5, 5.41) is 0. The highest BCUT2D eigenvalue weighted by atomic mass is 16.5. The molecule has 0 aliphatic heterocycles. The lowest BCUT2D eigenvalue weighted by molar-refractivity contribution is 0.0322. The molecule has 1 rings (SSSR count). The van der Waals surface area contributed by atoms with Gasteiger partial charge in [0.15, 0.2) is 0 Å². The largest absolute Gasteiger partial charge is 0.467 e. The van der Waals surface area contributed by atoms with Crippen molar-refractivity contribution in [1.29, 1.82) is 0 Å². The topological polar surface area (TPSA) is 48.4 Å². The van der Waals surface area contributed by atoms with Gasteiger partial charge in [0.1, 0.15) is 11.9 Å². The Labute approximate surface area is 72.5 Å². The highest BCUT2D eigenvalue weighted by Crippen LogP contribution is 2.20. The van der Waals surface area contributed by atoms with Crippen LogP contribution in [-0.2, 0) is 4.74 Å². The van der Waals surface area contributed by atoms with Crippen LogP contribution in [0.1, 0.15) is 25.7 Å². The molecule has 0 aliphatic rings. The Kier molecular flexibility index (Phi) is 3.31. The van der Waals surface area contributed by atoms with Crippen LogP contribution in [0.5, 0.6) is 0 Å². The fraction of sp³-hybridized carbons (Fsp3) is 0.556. The van der Waals surface area contributed by atoms with E-state index in [4.69, 9.17) is 14.9 Å². The molecule has 2 unspecified atom stereocenters. The number of ether oxygens (including phenoxy) is 1. The van der Waals surface area contributed by atoms with Gasteiger partial charge in [-0.3, -0.25) is 0 Å². The maximum absolute atomic E-state index is 5.73. The fourth-order valence-electron chi connectivity index (χ4n) is 1.13. The maximum Gasteiger partial charge on any atom is 0.134 e. The molecule has 0 saturated heterocycles. The summed E-state index contributed by atoms with van der Waals surface area (Å²) < 4.78 is 10.6. The first-order chi connectivity index (χ1) is 5.75. The molecule has 1 aromatic rings. The predicted molar refractivity (Wildman–Crippen MR) is 46.7 cm³/mol. The number of hydrogen-bond acceptors (Lipinski definition) is 3. The molecule has 0 bridgehead atoms. The average molecular weight is 169 g/mol. The van der Waals surface area contributed by atoms with Crippen LogP contribution in [0, 0.1) is 0 Å². The second-order valence-electron chi connectivity index (χ2n) is 2.75. The SMILES string of the molecule is CCOC(c1ccco1)C(C)N. The molecule has 0 fully saturated rings. The summed E-state index contributed by atoms with van der Waals surface area (Å²) >= 11 is 0. The molecule has 0 amide bonds. The summed E-state index contributed by atoms with van der Waals surface area (Å²) in [6.45, 7) is 4.49. The van der Waals surface area contributed by atoms with E-state index in [-0.39, 0.29) is 12.1 Å². The van der Waals surface area contributed by atoms with Gasteiger partial charge in [0.2, 0.25) is 0 Å². The van der Waals surface area contributed by atoms with Crippen LogP contribution in [0.3, 0.4) is 0 Å². The van der Waals surface area contributed by atoms with E-state index < -0.39 is 0 Å². The van der Waals surface area contributed by atoms with Crippen LogP contribution in [0.15, 0.2) is 22.8 Å². The van der Waals surface area contributed by atoms with Gasteiger partial charge >= 0.3 is 0 Å².